The second kappa shape index (κ2) is 9.38. The highest BCUT2D eigenvalue weighted by Crippen LogP contribution is 2.35. The molecule has 32 heavy (non-hydrogen) atoms. The van der Waals surface area contributed by atoms with Gasteiger partial charge in [-0.3, -0.25) is 9.69 Å². The number of likely N-dealkylation sites (N-methyl/N-ethyl adjacent to an activating group) is 1. The number of rotatable bonds is 5. The third-order valence-corrected chi connectivity index (χ3v) is 6.82. The van der Waals surface area contributed by atoms with E-state index in [4.69, 9.17) is 9.73 Å². The van der Waals surface area contributed by atoms with E-state index in [9.17, 15) is 4.79 Å². The molecule has 1 amide bonds. The molecule has 2 heterocycles. The number of benzene rings is 2. The third kappa shape index (κ3) is 4.40. The highest BCUT2D eigenvalue weighted by atomic mass is 79.9. The number of aromatic nitrogens is 1. The quantitative estimate of drug-likeness (QED) is 0.369. The fourth-order valence-corrected chi connectivity index (χ4v) is 5.17. The summed E-state index contributed by atoms with van der Waals surface area (Å²) in [7, 11) is 1.63. The van der Waals surface area contributed by atoms with Gasteiger partial charge >= 0.3 is 0 Å². The lowest BCUT2D eigenvalue weighted by atomic mass is 10.2. The largest absolute Gasteiger partial charge is 0.497 e. The second-order valence-electron chi connectivity index (χ2n) is 7.39. The number of carbonyl (C=O) groups is 1. The fourth-order valence-electron chi connectivity index (χ4n) is 3.72. The van der Waals surface area contributed by atoms with Gasteiger partial charge in [0.15, 0.2) is 5.17 Å². The lowest BCUT2D eigenvalue weighted by Crippen LogP contribution is -2.28. The molecule has 4 rings (SSSR count). The van der Waals surface area contributed by atoms with Crippen molar-refractivity contribution in [2.45, 2.75) is 20.8 Å². The van der Waals surface area contributed by atoms with Crippen LogP contribution in [-0.4, -0.2) is 34.2 Å². The van der Waals surface area contributed by atoms with Gasteiger partial charge in [-0.05, 0) is 92.7 Å². The van der Waals surface area contributed by atoms with E-state index >= 15 is 0 Å². The molecule has 1 aliphatic heterocycles. The first-order chi connectivity index (χ1) is 15.4. The molecule has 5 nitrogen and oxygen atoms in total. The summed E-state index contributed by atoms with van der Waals surface area (Å²) in [4.78, 5) is 20.2. The molecule has 164 valence electrons. The molecule has 1 fully saturated rings. The van der Waals surface area contributed by atoms with E-state index in [1.165, 1.54) is 11.8 Å². The van der Waals surface area contributed by atoms with Gasteiger partial charge in [0.25, 0.3) is 5.91 Å². The van der Waals surface area contributed by atoms with Gasteiger partial charge < -0.3 is 9.30 Å². The molecular formula is C25H24BrN3O2S. The Hall–Kier alpha value is -2.77. The van der Waals surface area contributed by atoms with E-state index in [-0.39, 0.29) is 5.91 Å². The maximum atomic E-state index is 13.1. The van der Waals surface area contributed by atoms with Crippen molar-refractivity contribution < 1.29 is 9.53 Å². The van der Waals surface area contributed by atoms with Crippen LogP contribution in [0.3, 0.4) is 0 Å². The minimum atomic E-state index is -0.0166. The Morgan fingerprint density at radius 3 is 2.53 bits per heavy atom. The molecule has 2 aromatic carbocycles. The standard InChI is InChI=1S/C25H24BrN3O2S/c1-5-28-24(30)23(32-25(28)27-20-9-11-22(31-4)12-10-20)14-18-13-16(2)29(17(18)3)21-8-6-7-19(26)15-21/h6-15H,5H2,1-4H3/b23-14+,27-25?. The van der Waals surface area contributed by atoms with E-state index in [1.54, 1.807) is 12.0 Å². The van der Waals surface area contributed by atoms with Crippen LogP contribution in [0.1, 0.15) is 23.9 Å². The fraction of sp³-hybridized carbons (Fsp3) is 0.200. The summed E-state index contributed by atoms with van der Waals surface area (Å²) in [6, 6.07) is 17.8. The van der Waals surface area contributed by atoms with Gasteiger partial charge in [0, 0.05) is 28.1 Å². The van der Waals surface area contributed by atoms with Crippen LogP contribution in [0.4, 0.5) is 5.69 Å². The molecule has 1 saturated heterocycles. The van der Waals surface area contributed by atoms with Gasteiger partial charge in [-0.1, -0.05) is 22.0 Å². The Morgan fingerprint density at radius 2 is 1.88 bits per heavy atom. The average Bonchev–Trinajstić information content (AvgIpc) is 3.23. The first-order valence-electron chi connectivity index (χ1n) is 10.3. The summed E-state index contributed by atoms with van der Waals surface area (Å²) in [5.41, 5.74) is 5.10. The number of aryl methyl sites for hydroxylation is 1. The number of halogens is 1. The Morgan fingerprint density at radius 1 is 1.12 bits per heavy atom. The van der Waals surface area contributed by atoms with E-state index < -0.39 is 0 Å². The van der Waals surface area contributed by atoms with Crippen molar-refractivity contribution in [3.63, 3.8) is 0 Å². The molecule has 0 N–H and O–H groups in total. The number of amides is 1. The topological polar surface area (TPSA) is 46.8 Å². The number of hydrogen-bond donors (Lipinski definition) is 0. The summed E-state index contributed by atoms with van der Waals surface area (Å²) >= 11 is 4.96. The van der Waals surface area contributed by atoms with Crippen LogP contribution in [0, 0.1) is 13.8 Å². The predicted molar refractivity (Wildman–Crippen MR) is 136 cm³/mol. The van der Waals surface area contributed by atoms with Gasteiger partial charge in [-0.25, -0.2) is 4.99 Å². The van der Waals surface area contributed by atoms with Gasteiger partial charge in [0.2, 0.25) is 0 Å². The minimum absolute atomic E-state index is 0.0166. The zero-order valence-electron chi connectivity index (χ0n) is 18.4. The predicted octanol–water partition coefficient (Wildman–Crippen LogP) is 6.49. The van der Waals surface area contributed by atoms with Crippen molar-refractivity contribution in [2.75, 3.05) is 13.7 Å². The average molecular weight is 510 g/mol. The molecule has 0 saturated carbocycles. The van der Waals surface area contributed by atoms with E-state index in [2.05, 4.69) is 52.5 Å². The van der Waals surface area contributed by atoms with Crippen molar-refractivity contribution in [3.05, 3.63) is 80.9 Å². The maximum Gasteiger partial charge on any atom is 0.266 e. The molecule has 1 aliphatic rings. The lowest BCUT2D eigenvalue weighted by molar-refractivity contribution is -0.122. The minimum Gasteiger partial charge on any atom is -0.497 e. The molecule has 0 unspecified atom stereocenters. The van der Waals surface area contributed by atoms with E-state index in [1.807, 2.05) is 49.4 Å². The first kappa shape index (κ1) is 22.4. The van der Waals surface area contributed by atoms with Gasteiger partial charge in [0.1, 0.15) is 5.75 Å². The van der Waals surface area contributed by atoms with Crippen LogP contribution in [0.25, 0.3) is 11.8 Å². The van der Waals surface area contributed by atoms with Crippen LogP contribution < -0.4 is 4.74 Å². The molecule has 1 aromatic heterocycles. The van der Waals surface area contributed by atoms with Crippen molar-refractivity contribution in [1.29, 1.82) is 0 Å². The summed E-state index contributed by atoms with van der Waals surface area (Å²) in [6.07, 6.45) is 1.98. The summed E-state index contributed by atoms with van der Waals surface area (Å²) < 4.78 is 8.44. The van der Waals surface area contributed by atoms with Crippen molar-refractivity contribution in [1.82, 2.24) is 9.47 Å². The summed E-state index contributed by atoms with van der Waals surface area (Å²) in [5, 5.41) is 0.690. The SMILES string of the molecule is CCN1C(=O)/C(=C\c2cc(C)n(-c3cccc(Br)c3)c2C)SC1=Nc1ccc(OC)cc1. The summed E-state index contributed by atoms with van der Waals surface area (Å²) in [5.74, 6) is 0.759. The van der Waals surface area contributed by atoms with Crippen LogP contribution in [-0.2, 0) is 4.79 Å². The normalized spacial score (nSPS) is 16.4. The van der Waals surface area contributed by atoms with E-state index in [0.717, 1.165) is 38.5 Å². The smallest absolute Gasteiger partial charge is 0.266 e. The summed E-state index contributed by atoms with van der Waals surface area (Å²) in [6.45, 7) is 6.68. The molecule has 0 bridgehead atoms. The molecule has 0 aliphatic carbocycles. The Balaban J connectivity index is 1.68. The van der Waals surface area contributed by atoms with Crippen molar-refractivity contribution in [3.8, 4) is 11.4 Å². The van der Waals surface area contributed by atoms with E-state index in [0.29, 0.717) is 16.6 Å². The van der Waals surface area contributed by atoms with Crippen molar-refractivity contribution >= 4 is 50.5 Å². The molecule has 7 heteroatoms. The molecule has 0 atom stereocenters. The molecule has 0 spiro atoms. The maximum absolute atomic E-state index is 13.1. The first-order valence-corrected chi connectivity index (χ1v) is 11.9. The zero-order valence-corrected chi connectivity index (χ0v) is 20.8. The number of carbonyl (C=O) groups excluding carboxylic acids is 1. The Bertz CT molecular complexity index is 1230. The number of nitrogens with zero attached hydrogens (tertiary/aromatic N) is 3. The highest BCUT2D eigenvalue weighted by molar-refractivity contribution is 9.10. The lowest BCUT2D eigenvalue weighted by Gasteiger charge is -2.12. The molecule has 0 radical (unpaired) electrons. The number of hydrogen-bond acceptors (Lipinski definition) is 4. The van der Waals surface area contributed by atoms with Gasteiger partial charge in [-0.15, -0.1) is 0 Å². The van der Waals surface area contributed by atoms with Crippen LogP contribution in [0.5, 0.6) is 5.75 Å². The number of ether oxygens (including phenoxy) is 1. The van der Waals surface area contributed by atoms with Crippen LogP contribution in [0.15, 0.2) is 69.0 Å². The highest BCUT2D eigenvalue weighted by Gasteiger charge is 2.32. The monoisotopic (exact) mass is 509 g/mol. The number of aliphatic imine (C=N–C) groups is 1. The second-order valence-corrected chi connectivity index (χ2v) is 9.32. The molecule has 3 aromatic rings. The third-order valence-electron chi connectivity index (χ3n) is 5.32. The van der Waals surface area contributed by atoms with Gasteiger partial charge in [0.05, 0.1) is 17.7 Å². The number of amidine groups is 1. The number of thioether (sulfide) groups is 1. The Labute approximate surface area is 200 Å². The van der Waals surface area contributed by atoms with Crippen molar-refractivity contribution in [2.24, 2.45) is 4.99 Å². The molecular weight excluding hydrogens is 486 g/mol. The van der Waals surface area contributed by atoms with Gasteiger partial charge in [-0.2, -0.15) is 0 Å². The van der Waals surface area contributed by atoms with Crippen LogP contribution >= 0.6 is 27.7 Å². The van der Waals surface area contributed by atoms with Crippen LogP contribution in [0.2, 0.25) is 0 Å². The zero-order chi connectivity index (χ0) is 22.8. The number of methoxy groups -OCH3 is 1. The Kier molecular flexibility index (Phi) is 6.58.